The molecule has 58 heavy (non-hydrogen) atoms. The fraction of sp³-hybridized carbons (Fsp3) is 0. The number of phenolic OH excluding ortho intramolecular Hbond substituents is 1. The summed E-state index contributed by atoms with van der Waals surface area (Å²) in [6.45, 7) is 0. The minimum Gasteiger partial charge on any atom is -0.0622 e. The van der Waals surface area contributed by atoms with Gasteiger partial charge in [0.1, 0.15) is 17.1 Å². The Kier molecular flexibility index (Phi) is 16.3. The molecule has 0 bridgehead atoms. The average Bonchev–Trinajstić information content (AvgIpc) is 3.62. The Hall–Kier alpha value is -5.53. The molecule has 1 aliphatic heterocycles. The largest absolute Gasteiger partial charge is 0.0622 e. The fourth-order valence-electron chi connectivity index (χ4n) is 6.21. The summed E-state index contributed by atoms with van der Waals surface area (Å²) in [7, 11) is 3.68. The number of nitrogens with zero attached hydrogens (tertiary/aromatic N) is 2. The number of aromatic hydroxyl groups is 1. The molecular formula is C50H40ClN2O2P2Ru. The molecule has 0 spiro atoms. The van der Waals surface area contributed by atoms with Crippen molar-refractivity contribution in [3.8, 4) is 5.75 Å². The van der Waals surface area contributed by atoms with Gasteiger partial charge in [-0.25, -0.2) is 9.98 Å². The molecule has 1 heterocycles. The van der Waals surface area contributed by atoms with Gasteiger partial charge in [0.15, 0.2) is 0 Å². The Bertz CT molecular complexity index is 2190. The van der Waals surface area contributed by atoms with E-state index in [1.54, 1.807) is 30.3 Å². The first-order valence-corrected chi connectivity index (χ1v) is 23.4. The maximum Gasteiger partial charge on any atom is -0.0134 e. The van der Waals surface area contributed by atoms with Crippen LogP contribution in [-0.4, -0.2) is 21.8 Å². The van der Waals surface area contributed by atoms with Crippen LogP contribution in [-0.2, 0) is 17.3 Å². The molecule has 0 amide bonds. The second-order valence-electron chi connectivity index (χ2n) is 12.6. The Morgan fingerprint density at radius 2 is 0.672 bits per heavy atom. The number of fused-ring (bicyclic) bond motifs is 1. The number of para-hydroxylation sites is 3. The first-order chi connectivity index (χ1) is 28.7. The van der Waals surface area contributed by atoms with E-state index < -0.39 is 15.8 Å². The third-order valence-corrected chi connectivity index (χ3v) is 13.7. The molecule has 2 N–H and O–H groups in total. The Balaban J connectivity index is 0.000000144. The van der Waals surface area contributed by atoms with Crippen LogP contribution in [0, 0.1) is 0 Å². The van der Waals surface area contributed by atoms with Crippen LogP contribution < -0.4 is 31.8 Å². The topological polar surface area (TPSA) is 65.2 Å². The van der Waals surface area contributed by atoms with Gasteiger partial charge in [0.25, 0.3) is 0 Å². The van der Waals surface area contributed by atoms with Crippen molar-refractivity contribution in [1.29, 1.82) is 0 Å². The van der Waals surface area contributed by atoms with Crippen molar-refractivity contribution in [1.82, 2.24) is 0 Å². The number of phenols is 1. The van der Waals surface area contributed by atoms with Crippen LogP contribution in [0.1, 0.15) is 5.56 Å². The normalized spacial score (nSPS) is 11.9. The van der Waals surface area contributed by atoms with E-state index in [1.165, 1.54) is 31.8 Å². The zero-order chi connectivity index (χ0) is 40.4. The Morgan fingerprint density at radius 1 is 0.379 bits per heavy atom. The molecule has 287 valence electrons. The van der Waals surface area contributed by atoms with Gasteiger partial charge in [0.2, 0.25) is 5.90 Å². The molecule has 0 unspecified atom stereocenters. The summed E-state index contributed by atoms with van der Waals surface area (Å²) in [4.78, 5) is 8.28. The van der Waals surface area contributed by atoms with E-state index in [1.807, 2.05) is 35.5 Å². The van der Waals surface area contributed by atoms with Crippen LogP contribution in [0.2, 0.25) is 0 Å². The van der Waals surface area contributed by atoms with Crippen LogP contribution in [0.3, 0.4) is 0 Å². The SMILES string of the molecule is OC1=Nc2ccccc2C1=Nc1ccccc1O.[Cl][Ru].c1ccc(P(c2ccccc2)c2ccccc2)cc1.c1ccc(P(c2ccccc2)c2ccccc2)cc1. The zero-order valence-corrected chi connectivity index (χ0v) is 35.6. The second-order valence-corrected chi connectivity index (χ2v) is 17.0. The molecule has 0 saturated carbocycles. The minimum atomic E-state index is -0.446. The number of halogens is 1. The summed E-state index contributed by atoms with van der Waals surface area (Å²) in [5, 5.41) is 27.9. The summed E-state index contributed by atoms with van der Waals surface area (Å²) in [5.74, 6) is -0.0540. The second kappa shape index (κ2) is 22.4. The molecule has 8 heteroatoms. The Labute approximate surface area is 357 Å². The predicted molar refractivity (Wildman–Crippen MR) is 247 cm³/mol. The standard InChI is InChI=1S/2C18H15P.C14H10N2O2.ClH.Ru/c2*1-4-10-16(11-5-1)19(17-12-6-2-7-13-17)18-14-8-3-9-15-18;17-12-8-4-3-7-11(12)15-13-9-5-1-2-6-10(9)16-14(13)18;;/h2*1-15H;1-8,17H,(H,15,16,18);1H;/q;;;;+1/p-1. The van der Waals surface area contributed by atoms with Crippen molar-refractivity contribution in [2.75, 3.05) is 0 Å². The predicted octanol–water partition coefficient (Wildman–Crippen LogP) is 10.7. The van der Waals surface area contributed by atoms with Crippen molar-refractivity contribution in [3.63, 3.8) is 0 Å². The molecule has 0 atom stereocenters. The zero-order valence-electron chi connectivity index (χ0n) is 31.4. The first kappa shape index (κ1) is 42.1. The minimum absolute atomic E-state index is 0.0715. The number of aliphatic imine (C=N–C) groups is 2. The van der Waals surface area contributed by atoms with Crippen molar-refractivity contribution >= 4 is 80.3 Å². The summed E-state index contributed by atoms with van der Waals surface area (Å²) in [5.41, 5.74) is 2.24. The van der Waals surface area contributed by atoms with Gasteiger partial charge in [0, 0.05) is 5.56 Å². The van der Waals surface area contributed by atoms with Gasteiger partial charge in [-0.05, 0) is 65.9 Å². The van der Waals surface area contributed by atoms with E-state index in [4.69, 9.17) is 0 Å². The van der Waals surface area contributed by atoms with E-state index >= 15 is 0 Å². The number of hydrogen-bond donors (Lipinski definition) is 2. The van der Waals surface area contributed by atoms with E-state index in [9.17, 15) is 10.2 Å². The summed E-state index contributed by atoms with van der Waals surface area (Å²) in [6.07, 6.45) is 0. The molecule has 0 aliphatic carbocycles. The van der Waals surface area contributed by atoms with Crippen LogP contribution in [0.25, 0.3) is 0 Å². The summed E-state index contributed by atoms with van der Waals surface area (Å²) in [6, 6.07) is 78.7. The quantitative estimate of drug-likeness (QED) is 0.124. The summed E-state index contributed by atoms with van der Waals surface area (Å²) >= 11 is 1.82. The molecule has 0 aromatic heterocycles. The van der Waals surface area contributed by atoms with Crippen molar-refractivity contribution in [3.05, 3.63) is 236 Å². The molecule has 0 fully saturated rings. The maximum absolute atomic E-state index is 9.80. The van der Waals surface area contributed by atoms with Gasteiger partial charge in [-0.1, -0.05) is 212 Å². The number of rotatable bonds is 7. The van der Waals surface area contributed by atoms with Gasteiger partial charge in [-0.15, -0.1) is 0 Å². The number of aliphatic hydroxyl groups excluding tert-OH is 1. The third-order valence-electron chi connectivity index (χ3n) is 8.80. The van der Waals surface area contributed by atoms with Gasteiger partial charge < -0.3 is 10.2 Å². The van der Waals surface area contributed by atoms with Crippen LogP contribution in [0.4, 0.5) is 11.4 Å². The van der Waals surface area contributed by atoms with E-state index in [-0.39, 0.29) is 11.6 Å². The van der Waals surface area contributed by atoms with Gasteiger partial charge in [-0.2, -0.15) is 0 Å². The smallest absolute Gasteiger partial charge is 0.0134 e. The first-order valence-electron chi connectivity index (χ1n) is 18.4. The molecular weight excluding hydrogens is 859 g/mol. The average molecular weight is 899 g/mol. The van der Waals surface area contributed by atoms with Crippen molar-refractivity contribution in [2.45, 2.75) is 0 Å². The molecule has 4 nitrogen and oxygen atoms in total. The third kappa shape index (κ3) is 11.3. The summed E-state index contributed by atoms with van der Waals surface area (Å²) < 4.78 is 0. The molecule has 1 aliphatic rings. The molecule has 9 rings (SSSR count). The molecule has 8 aromatic rings. The molecule has 0 saturated heterocycles. The van der Waals surface area contributed by atoms with Gasteiger partial charge >= 0.3 is 27.0 Å². The fourth-order valence-corrected chi connectivity index (χ4v) is 10.8. The Morgan fingerprint density at radius 3 is 1.02 bits per heavy atom. The van der Waals surface area contributed by atoms with E-state index in [0.717, 1.165) is 5.56 Å². The van der Waals surface area contributed by atoms with Crippen LogP contribution >= 0.6 is 25.5 Å². The van der Waals surface area contributed by atoms with Crippen molar-refractivity contribution in [2.24, 2.45) is 9.98 Å². The number of hydrogen-bond acceptors (Lipinski definition) is 3. The van der Waals surface area contributed by atoms with E-state index in [2.05, 4.69) is 202 Å². The van der Waals surface area contributed by atoms with Crippen LogP contribution in [0.15, 0.2) is 241 Å². The van der Waals surface area contributed by atoms with Gasteiger partial charge in [0.05, 0.1) is 5.69 Å². The maximum atomic E-state index is 9.80. The van der Waals surface area contributed by atoms with Crippen LogP contribution in [0.5, 0.6) is 5.75 Å². The van der Waals surface area contributed by atoms with Crippen molar-refractivity contribution < 1.29 is 27.5 Å². The monoisotopic (exact) mass is 899 g/mol. The molecule has 8 aromatic carbocycles. The molecule has 0 radical (unpaired) electrons. The number of aliphatic hydroxyl groups is 1. The van der Waals surface area contributed by atoms with Gasteiger partial charge in [-0.3, -0.25) is 0 Å². The van der Waals surface area contributed by atoms with E-state index in [0.29, 0.717) is 17.1 Å². The number of benzene rings is 8.